The second-order valence-corrected chi connectivity index (χ2v) is 4.08. The van der Waals surface area contributed by atoms with Crippen LogP contribution >= 0.6 is 0 Å². The first-order valence-corrected chi connectivity index (χ1v) is 5.30. The number of methoxy groups -OCH3 is 2. The summed E-state index contributed by atoms with van der Waals surface area (Å²) >= 11 is 0. The van der Waals surface area contributed by atoms with Crippen LogP contribution in [0.1, 0.15) is 24.2 Å². The van der Waals surface area contributed by atoms with E-state index < -0.39 is 11.6 Å². The number of rotatable bonds is 4. The van der Waals surface area contributed by atoms with Crippen molar-refractivity contribution in [2.45, 2.75) is 19.4 Å². The first kappa shape index (κ1) is 13.8. The molecule has 0 fully saturated rings. The summed E-state index contributed by atoms with van der Waals surface area (Å²) in [5.74, 6) is 0.301. The predicted octanol–water partition coefficient (Wildman–Crippen LogP) is 2.16. The maximum absolute atomic E-state index is 11.4. The molecule has 0 radical (unpaired) electrons. The molecule has 0 atom stereocenters. The van der Waals surface area contributed by atoms with Crippen LogP contribution in [0, 0.1) is 11.3 Å². The Balaban J connectivity index is 3.15. The van der Waals surface area contributed by atoms with Gasteiger partial charge in [0.05, 0.1) is 19.8 Å². The molecule has 0 aliphatic carbocycles. The highest BCUT2D eigenvalue weighted by atomic mass is 16.5. The minimum absolute atomic E-state index is 0.326. The minimum atomic E-state index is -1.01. The van der Waals surface area contributed by atoms with Crippen LogP contribution in [0.25, 0.3) is 0 Å². The number of ether oxygens (including phenoxy) is 3. The molecule has 0 aliphatic heterocycles. The Morgan fingerprint density at radius 1 is 1.28 bits per heavy atom. The fraction of sp³-hybridized carbons (Fsp3) is 0.385. The van der Waals surface area contributed by atoms with Crippen LogP contribution < -0.4 is 9.47 Å². The summed E-state index contributed by atoms with van der Waals surface area (Å²) in [6.07, 6.45) is 0. The molecule has 1 rings (SSSR count). The number of carbonyl (C=O) groups is 1. The monoisotopic (exact) mass is 249 g/mol. The number of nitrogens with zero attached hydrogens (tertiary/aromatic N) is 1. The molecule has 0 heterocycles. The van der Waals surface area contributed by atoms with Crippen molar-refractivity contribution < 1.29 is 19.0 Å². The third-order valence-corrected chi connectivity index (χ3v) is 2.22. The summed E-state index contributed by atoms with van der Waals surface area (Å²) < 4.78 is 15.3. The molecule has 5 heteroatoms. The topological polar surface area (TPSA) is 68.6 Å². The summed E-state index contributed by atoms with van der Waals surface area (Å²) in [6, 6.07) is 6.66. The molecule has 0 aliphatic rings. The SMILES string of the molecule is COC(=O)c1ccc(OC)c(OC(C)(C)C#N)c1. The van der Waals surface area contributed by atoms with E-state index >= 15 is 0 Å². The Kier molecular flexibility index (Phi) is 4.16. The van der Waals surface area contributed by atoms with E-state index in [1.807, 2.05) is 6.07 Å². The van der Waals surface area contributed by atoms with Gasteiger partial charge in [-0.05, 0) is 32.0 Å². The largest absolute Gasteiger partial charge is 0.493 e. The third kappa shape index (κ3) is 3.14. The van der Waals surface area contributed by atoms with Crippen molar-refractivity contribution in [1.29, 1.82) is 5.26 Å². The van der Waals surface area contributed by atoms with Gasteiger partial charge in [-0.1, -0.05) is 0 Å². The molecule has 0 N–H and O–H groups in total. The number of hydrogen-bond acceptors (Lipinski definition) is 5. The predicted molar refractivity (Wildman–Crippen MR) is 64.7 cm³/mol. The summed E-state index contributed by atoms with van der Waals surface area (Å²) in [4.78, 5) is 11.4. The van der Waals surface area contributed by atoms with Gasteiger partial charge in [-0.3, -0.25) is 0 Å². The summed E-state index contributed by atoms with van der Waals surface area (Å²) in [7, 11) is 2.78. The second kappa shape index (κ2) is 5.41. The average molecular weight is 249 g/mol. The fourth-order valence-electron chi connectivity index (χ4n) is 1.30. The molecule has 1 aromatic carbocycles. The Bertz CT molecular complexity index is 488. The summed E-state index contributed by atoms with van der Waals surface area (Å²) in [5.41, 5.74) is -0.677. The molecule has 0 aromatic heterocycles. The smallest absolute Gasteiger partial charge is 0.337 e. The van der Waals surface area contributed by atoms with E-state index in [1.165, 1.54) is 20.3 Å². The van der Waals surface area contributed by atoms with E-state index in [0.29, 0.717) is 17.1 Å². The molecular weight excluding hydrogens is 234 g/mol. The van der Waals surface area contributed by atoms with Gasteiger partial charge in [-0.25, -0.2) is 4.79 Å². The van der Waals surface area contributed by atoms with E-state index in [0.717, 1.165) is 0 Å². The second-order valence-electron chi connectivity index (χ2n) is 4.08. The molecule has 1 aromatic rings. The number of nitriles is 1. The molecule has 0 spiro atoms. The lowest BCUT2D eigenvalue weighted by atomic mass is 10.1. The van der Waals surface area contributed by atoms with Crippen molar-refractivity contribution in [3.63, 3.8) is 0 Å². The van der Waals surface area contributed by atoms with Crippen LogP contribution in [-0.4, -0.2) is 25.8 Å². The number of benzene rings is 1. The summed E-state index contributed by atoms with van der Waals surface area (Å²) in [6.45, 7) is 3.24. The number of esters is 1. The molecule has 5 nitrogen and oxygen atoms in total. The van der Waals surface area contributed by atoms with Crippen molar-refractivity contribution in [2.24, 2.45) is 0 Å². The first-order chi connectivity index (χ1) is 8.43. The van der Waals surface area contributed by atoms with E-state index in [2.05, 4.69) is 4.74 Å². The van der Waals surface area contributed by atoms with Gasteiger partial charge in [0.15, 0.2) is 17.1 Å². The number of carbonyl (C=O) groups excluding carboxylic acids is 1. The highest BCUT2D eigenvalue weighted by Gasteiger charge is 2.21. The van der Waals surface area contributed by atoms with Crippen molar-refractivity contribution in [3.05, 3.63) is 23.8 Å². The normalized spacial score (nSPS) is 10.4. The lowest BCUT2D eigenvalue weighted by Crippen LogP contribution is -2.25. The highest BCUT2D eigenvalue weighted by molar-refractivity contribution is 5.90. The van der Waals surface area contributed by atoms with Gasteiger partial charge in [0.25, 0.3) is 0 Å². The Labute approximate surface area is 106 Å². The van der Waals surface area contributed by atoms with Crippen LogP contribution in [0.3, 0.4) is 0 Å². The molecular formula is C13H15NO4. The Morgan fingerprint density at radius 3 is 2.44 bits per heavy atom. The minimum Gasteiger partial charge on any atom is -0.493 e. The van der Waals surface area contributed by atoms with Gasteiger partial charge in [0.2, 0.25) is 0 Å². The zero-order chi connectivity index (χ0) is 13.8. The Morgan fingerprint density at radius 2 is 1.94 bits per heavy atom. The van der Waals surface area contributed by atoms with E-state index in [4.69, 9.17) is 14.7 Å². The molecule has 0 unspecified atom stereocenters. The average Bonchev–Trinajstić information content (AvgIpc) is 2.37. The molecule has 96 valence electrons. The van der Waals surface area contributed by atoms with E-state index in [-0.39, 0.29) is 0 Å². The van der Waals surface area contributed by atoms with Crippen LogP contribution in [0.2, 0.25) is 0 Å². The van der Waals surface area contributed by atoms with Gasteiger partial charge < -0.3 is 14.2 Å². The van der Waals surface area contributed by atoms with Crippen LogP contribution in [0.5, 0.6) is 11.5 Å². The number of hydrogen-bond donors (Lipinski definition) is 0. The highest BCUT2D eigenvalue weighted by Crippen LogP contribution is 2.31. The van der Waals surface area contributed by atoms with E-state index in [9.17, 15) is 4.79 Å². The molecule has 0 saturated carbocycles. The van der Waals surface area contributed by atoms with Crippen molar-refractivity contribution in [3.8, 4) is 17.6 Å². The van der Waals surface area contributed by atoms with Gasteiger partial charge in [0, 0.05) is 0 Å². The van der Waals surface area contributed by atoms with Gasteiger partial charge in [0.1, 0.15) is 6.07 Å². The first-order valence-electron chi connectivity index (χ1n) is 5.30. The third-order valence-electron chi connectivity index (χ3n) is 2.22. The maximum Gasteiger partial charge on any atom is 0.337 e. The van der Waals surface area contributed by atoms with Crippen molar-refractivity contribution in [1.82, 2.24) is 0 Å². The van der Waals surface area contributed by atoms with Gasteiger partial charge in [-0.15, -0.1) is 0 Å². The molecule has 0 bridgehead atoms. The standard InChI is InChI=1S/C13H15NO4/c1-13(2,8-14)18-11-7-9(12(15)17-4)5-6-10(11)16-3/h5-7H,1-4H3. The van der Waals surface area contributed by atoms with Gasteiger partial charge >= 0.3 is 5.97 Å². The lowest BCUT2D eigenvalue weighted by Gasteiger charge is -2.20. The quantitative estimate of drug-likeness (QED) is 0.765. The maximum atomic E-state index is 11.4. The van der Waals surface area contributed by atoms with Crippen molar-refractivity contribution >= 4 is 5.97 Å². The van der Waals surface area contributed by atoms with Crippen LogP contribution in [0.15, 0.2) is 18.2 Å². The molecule has 0 amide bonds. The zero-order valence-corrected chi connectivity index (χ0v) is 10.8. The van der Waals surface area contributed by atoms with Crippen LogP contribution in [-0.2, 0) is 4.74 Å². The molecule has 0 saturated heterocycles. The zero-order valence-electron chi connectivity index (χ0n) is 10.8. The summed E-state index contributed by atoms with van der Waals surface area (Å²) in [5, 5.41) is 8.94. The van der Waals surface area contributed by atoms with Gasteiger partial charge in [-0.2, -0.15) is 5.26 Å². The fourth-order valence-corrected chi connectivity index (χ4v) is 1.30. The van der Waals surface area contributed by atoms with E-state index in [1.54, 1.807) is 26.0 Å². The Hall–Kier alpha value is -2.22. The van der Waals surface area contributed by atoms with Crippen LogP contribution in [0.4, 0.5) is 0 Å². The molecule has 18 heavy (non-hydrogen) atoms. The van der Waals surface area contributed by atoms with Crippen molar-refractivity contribution in [2.75, 3.05) is 14.2 Å². The lowest BCUT2D eigenvalue weighted by molar-refractivity contribution is 0.0599.